The maximum Gasteiger partial charge on any atom is 0.246 e. The van der Waals surface area contributed by atoms with E-state index in [1.165, 1.54) is 0 Å². The van der Waals surface area contributed by atoms with E-state index >= 15 is 0 Å². The van der Waals surface area contributed by atoms with Gasteiger partial charge in [0.2, 0.25) is 5.91 Å². The fourth-order valence-corrected chi connectivity index (χ4v) is 2.41. The zero-order chi connectivity index (χ0) is 13.2. The molecule has 1 aliphatic heterocycles. The minimum absolute atomic E-state index is 0.0319. The van der Waals surface area contributed by atoms with Crippen molar-refractivity contribution in [1.82, 2.24) is 10.3 Å². The zero-order valence-corrected chi connectivity index (χ0v) is 10.8. The van der Waals surface area contributed by atoms with Crippen LogP contribution in [0, 0.1) is 0 Å². The molecule has 1 aliphatic rings. The predicted octanol–water partition coefficient (Wildman–Crippen LogP) is 1.12. The van der Waals surface area contributed by atoms with Gasteiger partial charge in [0.05, 0.1) is 18.9 Å². The topological polar surface area (TPSA) is 57.4 Å². The smallest absolute Gasteiger partial charge is 0.246 e. The second kappa shape index (κ2) is 5.03. The van der Waals surface area contributed by atoms with Crippen LogP contribution in [0.2, 0.25) is 0 Å². The molecule has 0 aliphatic carbocycles. The molecule has 1 saturated heterocycles. The first-order chi connectivity index (χ1) is 9.27. The number of amides is 1. The van der Waals surface area contributed by atoms with Gasteiger partial charge in [-0.3, -0.25) is 4.79 Å². The van der Waals surface area contributed by atoms with E-state index < -0.39 is 0 Å². The van der Waals surface area contributed by atoms with Crippen molar-refractivity contribution < 1.29 is 9.53 Å². The molecule has 2 heterocycles. The van der Waals surface area contributed by atoms with E-state index in [9.17, 15) is 4.79 Å². The number of anilines is 1. The SMILES string of the molecule is CN(C(=O)C1COCCN1)c1c[nH]c2ccccc12. The van der Waals surface area contributed by atoms with E-state index in [-0.39, 0.29) is 11.9 Å². The number of hydrogen-bond acceptors (Lipinski definition) is 3. The van der Waals surface area contributed by atoms with Gasteiger partial charge in [0.1, 0.15) is 6.04 Å². The average molecular weight is 259 g/mol. The van der Waals surface area contributed by atoms with Crippen molar-refractivity contribution in [2.45, 2.75) is 6.04 Å². The molecule has 0 radical (unpaired) electrons. The lowest BCUT2D eigenvalue weighted by molar-refractivity contribution is -0.123. The lowest BCUT2D eigenvalue weighted by Gasteiger charge is -2.27. The molecule has 2 N–H and O–H groups in total. The molecule has 0 bridgehead atoms. The summed E-state index contributed by atoms with van der Waals surface area (Å²) in [5.41, 5.74) is 1.93. The van der Waals surface area contributed by atoms with E-state index in [2.05, 4.69) is 10.3 Å². The van der Waals surface area contributed by atoms with Crippen LogP contribution in [0.3, 0.4) is 0 Å². The fourth-order valence-electron chi connectivity index (χ4n) is 2.41. The third kappa shape index (κ3) is 2.22. The quantitative estimate of drug-likeness (QED) is 0.849. The van der Waals surface area contributed by atoms with Crippen LogP contribution < -0.4 is 10.2 Å². The molecule has 1 atom stereocenters. The van der Waals surface area contributed by atoms with Crippen molar-refractivity contribution in [1.29, 1.82) is 0 Å². The molecule has 0 spiro atoms. The van der Waals surface area contributed by atoms with E-state index in [0.717, 1.165) is 23.1 Å². The van der Waals surface area contributed by atoms with Crippen LogP contribution in [0.5, 0.6) is 0 Å². The summed E-state index contributed by atoms with van der Waals surface area (Å²) in [7, 11) is 1.80. The minimum Gasteiger partial charge on any atom is -0.378 e. The summed E-state index contributed by atoms with van der Waals surface area (Å²) < 4.78 is 5.34. The number of H-pyrrole nitrogens is 1. The van der Waals surface area contributed by atoms with Gasteiger partial charge in [-0.1, -0.05) is 18.2 Å². The molecule has 1 amide bonds. The van der Waals surface area contributed by atoms with Gasteiger partial charge in [-0.15, -0.1) is 0 Å². The Kier molecular flexibility index (Phi) is 3.23. The molecule has 1 fully saturated rings. The molecule has 5 heteroatoms. The number of likely N-dealkylation sites (N-methyl/N-ethyl adjacent to an activating group) is 1. The summed E-state index contributed by atoms with van der Waals surface area (Å²) in [4.78, 5) is 17.3. The number of rotatable bonds is 2. The molecular weight excluding hydrogens is 242 g/mol. The number of hydrogen-bond donors (Lipinski definition) is 2. The second-order valence-electron chi connectivity index (χ2n) is 4.70. The van der Waals surface area contributed by atoms with Gasteiger partial charge in [-0.2, -0.15) is 0 Å². The number of fused-ring (bicyclic) bond motifs is 1. The predicted molar refractivity (Wildman–Crippen MR) is 74.3 cm³/mol. The highest BCUT2D eigenvalue weighted by Gasteiger charge is 2.26. The average Bonchev–Trinajstić information content (AvgIpc) is 2.90. The Balaban J connectivity index is 1.86. The number of ether oxygens (including phenoxy) is 1. The third-order valence-corrected chi connectivity index (χ3v) is 3.48. The Morgan fingerprint density at radius 3 is 3.05 bits per heavy atom. The first kappa shape index (κ1) is 12.2. The van der Waals surface area contributed by atoms with Crippen molar-refractivity contribution in [3.63, 3.8) is 0 Å². The minimum atomic E-state index is -0.257. The zero-order valence-electron chi connectivity index (χ0n) is 10.8. The summed E-state index contributed by atoms with van der Waals surface area (Å²) in [6, 6.07) is 7.70. The van der Waals surface area contributed by atoms with Crippen LogP contribution in [0.25, 0.3) is 10.9 Å². The number of carbonyl (C=O) groups is 1. The summed E-state index contributed by atoms with van der Waals surface area (Å²) in [6.45, 7) is 1.82. The Morgan fingerprint density at radius 2 is 2.26 bits per heavy atom. The van der Waals surface area contributed by atoms with Gasteiger partial charge in [0.25, 0.3) is 0 Å². The number of aromatic amines is 1. The monoisotopic (exact) mass is 259 g/mol. The van der Waals surface area contributed by atoms with Gasteiger partial charge < -0.3 is 19.9 Å². The molecule has 1 aromatic carbocycles. The van der Waals surface area contributed by atoms with Gasteiger partial charge in [0, 0.05) is 30.7 Å². The largest absolute Gasteiger partial charge is 0.378 e. The Labute approximate surface area is 111 Å². The van der Waals surface area contributed by atoms with Crippen LogP contribution >= 0.6 is 0 Å². The van der Waals surface area contributed by atoms with Crippen LogP contribution in [0.15, 0.2) is 30.5 Å². The number of nitrogens with one attached hydrogen (secondary N) is 2. The van der Waals surface area contributed by atoms with Crippen molar-refractivity contribution in [3.05, 3.63) is 30.5 Å². The number of carbonyl (C=O) groups excluding carboxylic acids is 1. The van der Waals surface area contributed by atoms with Gasteiger partial charge >= 0.3 is 0 Å². The summed E-state index contributed by atoms with van der Waals surface area (Å²) in [5.74, 6) is 0.0319. The summed E-state index contributed by atoms with van der Waals surface area (Å²) in [6.07, 6.45) is 1.87. The van der Waals surface area contributed by atoms with Crippen LogP contribution in [0.1, 0.15) is 0 Å². The third-order valence-electron chi connectivity index (χ3n) is 3.48. The number of nitrogens with zero attached hydrogens (tertiary/aromatic N) is 1. The maximum atomic E-state index is 12.4. The highest BCUT2D eigenvalue weighted by Crippen LogP contribution is 2.26. The standard InChI is InChI=1S/C14H17N3O2/c1-17(14(18)12-9-19-7-6-15-12)13-8-16-11-5-3-2-4-10(11)13/h2-5,8,12,15-16H,6-7,9H2,1H3. The molecule has 19 heavy (non-hydrogen) atoms. The summed E-state index contributed by atoms with van der Waals surface area (Å²) in [5, 5.41) is 4.23. The Hall–Kier alpha value is -1.85. The van der Waals surface area contributed by atoms with E-state index in [1.807, 2.05) is 30.5 Å². The molecule has 2 aromatic rings. The maximum absolute atomic E-state index is 12.4. The second-order valence-corrected chi connectivity index (χ2v) is 4.70. The number of morpholine rings is 1. The summed E-state index contributed by atoms with van der Waals surface area (Å²) >= 11 is 0. The van der Waals surface area contributed by atoms with Crippen molar-refractivity contribution in [2.75, 3.05) is 31.7 Å². The van der Waals surface area contributed by atoms with Crippen molar-refractivity contribution in [3.8, 4) is 0 Å². The van der Waals surface area contributed by atoms with Crippen LogP contribution in [0.4, 0.5) is 5.69 Å². The number of aromatic nitrogens is 1. The first-order valence-electron chi connectivity index (χ1n) is 6.42. The van der Waals surface area contributed by atoms with E-state index in [1.54, 1.807) is 11.9 Å². The number of benzene rings is 1. The molecule has 1 unspecified atom stereocenters. The lowest BCUT2D eigenvalue weighted by atomic mass is 10.2. The molecular formula is C14H17N3O2. The normalized spacial score (nSPS) is 19.5. The van der Waals surface area contributed by atoms with Gasteiger partial charge in [-0.05, 0) is 6.07 Å². The fraction of sp³-hybridized carbons (Fsp3) is 0.357. The molecule has 3 rings (SSSR count). The van der Waals surface area contributed by atoms with Crippen molar-refractivity contribution >= 4 is 22.5 Å². The molecule has 0 saturated carbocycles. The highest BCUT2D eigenvalue weighted by molar-refractivity contribution is 6.04. The van der Waals surface area contributed by atoms with E-state index in [4.69, 9.17) is 4.74 Å². The van der Waals surface area contributed by atoms with Gasteiger partial charge in [-0.25, -0.2) is 0 Å². The molecule has 5 nitrogen and oxygen atoms in total. The lowest BCUT2D eigenvalue weighted by Crippen LogP contribution is -2.51. The Bertz CT molecular complexity index is 587. The molecule has 100 valence electrons. The van der Waals surface area contributed by atoms with Crippen LogP contribution in [-0.4, -0.2) is 43.7 Å². The van der Waals surface area contributed by atoms with Crippen molar-refractivity contribution in [2.24, 2.45) is 0 Å². The molecule has 1 aromatic heterocycles. The van der Waals surface area contributed by atoms with Crippen LogP contribution in [-0.2, 0) is 9.53 Å². The first-order valence-corrected chi connectivity index (χ1v) is 6.42. The van der Waals surface area contributed by atoms with Gasteiger partial charge in [0.15, 0.2) is 0 Å². The Morgan fingerprint density at radius 1 is 1.42 bits per heavy atom. The number of para-hydroxylation sites is 1. The highest BCUT2D eigenvalue weighted by atomic mass is 16.5. The van der Waals surface area contributed by atoms with E-state index in [0.29, 0.717) is 13.2 Å².